The maximum absolute atomic E-state index is 12.4. The topological polar surface area (TPSA) is 94.9 Å². The largest absolute Gasteiger partial charge is 0.355 e. The minimum Gasteiger partial charge on any atom is -0.355 e. The Morgan fingerprint density at radius 2 is 1.70 bits per heavy atom. The predicted octanol–water partition coefficient (Wildman–Crippen LogP) is 4.15. The highest BCUT2D eigenvalue weighted by atomic mass is 16.2. The number of rotatable bonds is 5. The summed E-state index contributed by atoms with van der Waals surface area (Å²) in [6, 6.07) is 19.1. The molecule has 0 spiro atoms. The molecule has 3 aromatic rings. The van der Waals surface area contributed by atoms with Crippen LogP contribution in [0.25, 0.3) is 0 Å². The molecule has 6 nitrogen and oxygen atoms in total. The molecule has 0 atom stereocenters. The van der Waals surface area contributed by atoms with Gasteiger partial charge < -0.3 is 10.6 Å². The molecule has 0 bridgehead atoms. The summed E-state index contributed by atoms with van der Waals surface area (Å²) < 4.78 is 0. The van der Waals surface area contributed by atoms with Crippen LogP contribution in [0, 0.1) is 11.3 Å². The number of amides is 1. The van der Waals surface area contributed by atoms with Gasteiger partial charge in [0.25, 0.3) is 5.91 Å². The SMILES string of the molecule is CC(=O)c1cccc(Nc2ccnc(C(=O)Nc3ccc(C#N)cc3)c2)c1. The summed E-state index contributed by atoms with van der Waals surface area (Å²) >= 11 is 0. The van der Waals surface area contributed by atoms with Gasteiger partial charge in [-0.25, -0.2) is 0 Å². The number of anilines is 3. The molecule has 0 aliphatic rings. The second-order valence-electron chi connectivity index (χ2n) is 5.84. The van der Waals surface area contributed by atoms with Crippen LogP contribution in [-0.2, 0) is 0 Å². The van der Waals surface area contributed by atoms with Gasteiger partial charge in [-0.15, -0.1) is 0 Å². The fourth-order valence-corrected chi connectivity index (χ4v) is 2.44. The lowest BCUT2D eigenvalue weighted by Crippen LogP contribution is -2.13. The average Bonchev–Trinajstić information content (AvgIpc) is 2.69. The molecule has 0 saturated carbocycles. The predicted molar refractivity (Wildman–Crippen MR) is 103 cm³/mol. The fourth-order valence-electron chi connectivity index (χ4n) is 2.44. The summed E-state index contributed by atoms with van der Waals surface area (Å²) in [4.78, 5) is 28.0. The molecule has 3 rings (SSSR count). The minimum atomic E-state index is -0.360. The Bertz CT molecular complexity index is 1040. The van der Waals surface area contributed by atoms with E-state index in [0.29, 0.717) is 22.5 Å². The molecule has 132 valence electrons. The number of aromatic nitrogens is 1. The Kier molecular flexibility index (Phi) is 5.24. The number of pyridine rings is 1. The van der Waals surface area contributed by atoms with Gasteiger partial charge in [-0.1, -0.05) is 12.1 Å². The highest BCUT2D eigenvalue weighted by molar-refractivity contribution is 6.03. The van der Waals surface area contributed by atoms with Crippen LogP contribution >= 0.6 is 0 Å². The van der Waals surface area contributed by atoms with E-state index in [4.69, 9.17) is 5.26 Å². The van der Waals surface area contributed by atoms with Gasteiger partial charge in [-0.05, 0) is 55.5 Å². The third-order valence-electron chi connectivity index (χ3n) is 3.82. The third-order valence-corrected chi connectivity index (χ3v) is 3.82. The smallest absolute Gasteiger partial charge is 0.274 e. The molecule has 1 amide bonds. The zero-order chi connectivity index (χ0) is 19.2. The van der Waals surface area contributed by atoms with Crippen molar-refractivity contribution in [3.05, 3.63) is 83.7 Å². The van der Waals surface area contributed by atoms with E-state index in [1.54, 1.807) is 54.6 Å². The standard InChI is InChI=1S/C21H16N4O2/c1-14(26)16-3-2-4-18(11-16)24-19-9-10-23-20(12-19)21(27)25-17-7-5-15(13-22)6-8-17/h2-12H,1H3,(H,23,24)(H,25,27). The number of nitrogens with zero attached hydrogens (tertiary/aromatic N) is 2. The number of hydrogen-bond donors (Lipinski definition) is 2. The molecule has 1 heterocycles. The molecule has 1 aromatic heterocycles. The van der Waals surface area contributed by atoms with Crippen molar-refractivity contribution in [2.24, 2.45) is 0 Å². The molecule has 27 heavy (non-hydrogen) atoms. The molecule has 0 unspecified atom stereocenters. The monoisotopic (exact) mass is 356 g/mol. The number of ketones is 1. The summed E-state index contributed by atoms with van der Waals surface area (Å²) in [6.45, 7) is 1.51. The Balaban J connectivity index is 1.74. The average molecular weight is 356 g/mol. The molecular formula is C21H16N4O2. The Hall–Kier alpha value is -3.98. The highest BCUT2D eigenvalue weighted by Crippen LogP contribution is 2.19. The van der Waals surface area contributed by atoms with Gasteiger partial charge in [0.1, 0.15) is 5.69 Å². The van der Waals surface area contributed by atoms with E-state index in [1.807, 2.05) is 12.1 Å². The first kappa shape index (κ1) is 17.8. The molecule has 0 radical (unpaired) electrons. The number of Topliss-reactive ketones (excluding diaryl/α,β-unsaturated/α-hetero) is 1. The molecule has 0 saturated heterocycles. The van der Waals surface area contributed by atoms with Crippen LogP contribution in [0.4, 0.5) is 17.1 Å². The number of carbonyl (C=O) groups is 2. The summed E-state index contributed by atoms with van der Waals surface area (Å²) in [5.74, 6) is -0.378. The van der Waals surface area contributed by atoms with Crippen LogP contribution in [0.1, 0.15) is 33.3 Å². The molecule has 6 heteroatoms. The number of carbonyl (C=O) groups excluding carboxylic acids is 2. The highest BCUT2D eigenvalue weighted by Gasteiger charge is 2.09. The van der Waals surface area contributed by atoms with Crippen molar-refractivity contribution in [2.75, 3.05) is 10.6 Å². The van der Waals surface area contributed by atoms with Gasteiger partial charge in [0.15, 0.2) is 5.78 Å². The van der Waals surface area contributed by atoms with E-state index in [2.05, 4.69) is 15.6 Å². The van der Waals surface area contributed by atoms with Crippen LogP contribution < -0.4 is 10.6 Å². The molecular weight excluding hydrogens is 340 g/mol. The maximum Gasteiger partial charge on any atom is 0.274 e. The van der Waals surface area contributed by atoms with E-state index in [0.717, 1.165) is 5.69 Å². The number of nitrogens with one attached hydrogen (secondary N) is 2. The Morgan fingerprint density at radius 1 is 0.963 bits per heavy atom. The molecule has 0 aliphatic heterocycles. The van der Waals surface area contributed by atoms with Crippen LogP contribution in [0.2, 0.25) is 0 Å². The fraction of sp³-hybridized carbons (Fsp3) is 0.0476. The molecule has 2 N–H and O–H groups in total. The molecule has 0 aliphatic carbocycles. The van der Waals surface area contributed by atoms with Crippen molar-refractivity contribution >= 4 is 28.8 Å². The van der Waals surface area contributed by atoms with Crippen molar-refractivity contribution in [2.45, 2.75) is 6.92 Å². The summed E-state index contributed by atoms with van der Waals surface area (Å²) in [7, 11) is 0. The van der Waals surface area contributed by atoms with Crippen LogP contribution in [-0.4, -0.2) is 16.7 Å². The van der Waals surface area contributed by atoms with Gasteiger partial charge in [0, 0.05) is 28.8 Å². The van der Waals surface area contributed by atoms with E-state index in [1.165, 1.54) is 13.1 Å². The second kappa shape index (κ2) is 7.93. The van der Waals surface area contributed by atoms with Gasteiger partial charge in [0.2, 0.25) is 0 Å². The van der Waals surface area contributed by atoms with Crippen LogP contribution in [0.5, 0.6) is 0 Å². The summed E-state index contributed by atoms with van der Waals surface area (Å²) in [5, 5.41) is 14.7. The normalized spacial score (nSPS) is 9.93. The van der Waals surface area contributed by atoms with E-state index < -0.39 is 0 Å². The lowest BCUT2D eigenvalue weighted by atomic mass is 10.1. The van der Waals surface area contributed by atoms with Crippen LogP contribution in [0.3, 0.4) is 0 Å². The lowest BCUT2D eigenvalue weighted by molar-refractivity contribution is 0.101. The summed E-state index contributed by atoms with van der Waals surface area (Å²) in [5.41, 5.74) is 3.36. The van der Waals surface area contributed by atoms with Crippen molar-refractivity contribution in [1.82, 2.24) is 4.98 Å². The van der Waals surface area contributed by atoms with Crippen molar-refractivity contribution in [1.29, 1.82) is 5.26 Å². The summed E-state index contributed by atoms with van der Waals surface area (Å²) in [6.07, 6.45) is 1.53. The zero-order valence-corrected chi connectivity index (χ0v) is 14.6. The van der Waals surface area contributed by atoms with Crippen molar-refractivity contribution in [3.63, 3.8) is 0 Å². The quantitative estimate of drug-likeness (QED) is 0.670. The first-order valence-electron chi connectivity index (χ1n) is 8.21. The van der Waals surface area contributed by atoms with E-state index in [-0.39, 0.29) is 17.4 Å². The Labute approximate surface area is 156 Å². The second-order valence-corrected chi connectivity index (χ2v) is 5.84. The Morgan fingerprint density at radius 3 is 2.41 bits per heavy atom. The molecule has 2 aromatic carbocycles. The number of nitriles is 1. The van der Waals surface area contributed by atoms with Gasteiger partial charge in [-0.3, -0.25) is 14.6 Å². The first-order valence-corrected chi connectivity index (χ1v) is 8.21. The molecule has 0 fully saturated rings. The number of hydrogen-bond acceptors (Lipinski definition) is 5. The zero-order valence-electron chi connectivity index (χ0n) is 14.6. The van der Waals surface area contributed by atoms with E-state index in [9.17, 15) is 9.59 Å². The minimum absolute atomic E-state index is 0.0177. The van der Waals surface area contributed by atoms with E-state index >= 15 is 0 Å². The van der Waals surface area contributed by atoms with Crippen molar-refractivity contribution < 1.29 is 9.59 Å². The lowest BCUT2D eigenvalue weighted by Gasteiger charge is -2.09. The van der Waals surface area contributed by atoms with Gasteiger partial charge in [-0.2, -0.15) is 5.26 Å². The maximum atomic E-state index is 12.4. The van der Waals surface area contributed by atoms with Gasteiger partial charge in [0.05, 0.1) is 11.6 Å². The number of benzene rings is 2. The third kappa shape index (κ3) is 4.55. The van der Waals surface area contributed by atoms with Crippen LogP contribution in [0.15, 0.2) is 66.9 Å². The first-order chi connectivity index (χ1) is 13.0. The van der Waals surface area contributed by atoms with Crippen molar-refractivity contribution in [3.8, 4) is 6.07 Å². The van der Waals surface area contributed by atoms with Gasteiger partial charge >= 0.3 is 0 Å².